The third-order valence-electron chi connectivity index (χ3n) is 4.84. The van der Waals surface area contributed by atoms with Gasteiger partial charge in [-0.05, 0) is 43.8 Å². The number of benzene rings is 2. The summed E-state index contributed by atoms with van der Waals surface area (Å²) in [5.74, 6) is 0.565. The van der Waals surface area contributed by atoms with E-state index in [0.717, 1.165) is 17.0 Å². The smallest absolute Gasteiger partial charge is 0.295 e. The van der Waals surface area contributed by atoms with Crippen LogP contribution in [0, 0.1) is 6.92 Å². The minimum absolute atomic E-state index is 0.172. The Morgan fingerprint density at radius 2 is 1.76 bits per heavy atom. The summed E-state index contributed by atoms with van der Waals surface area (Å²) in [5, 5.41) is 2.79. The summed E-state index contributed by atoms with van der Waals surface area (Å²) in [4.78, 5) is 27.3. The predicted octanol–water partition coefficient (Wildman–Crippen LogP) is 2.56. The number of aromatic nitrogens is 2. The van der Waals surface area contributed by atoms with Crippen LogP contribution in [0.1, 0.15) is 11.3 Å². The average Bonchev–Trinajstić information content (AvgIpc) is 2.92. The number of anilines is 1. The highest BCUT2D eigenvalue weighted by Gasteiger charge is 2.18. The summed E-state index contributed by atoms with van der Waals surface area (Å²) >= 11 is 0. The van der Waals surface area contributed by atoms with Gasteiger partial charge in [-0.25, -0.2) is 4.68 Å². The molecule has 1 heterocycles. The van der Waals surface area contributed by atoms with E-state index in [2.05, 4.69) is 5.32 Å². The normalized spacial score (nSPS) is 10.9. The van der Waals surface area contributed by atoms with Crippen molar-refractivity contribution >= 4 is 11.6 Å². The second-order valence-electron chi connectivity index (χ2n) is 7.01. The number of hydrogen-bond donors (Lipinski definition) is 1. The topological polar surface area (TPSA) is 68.5 Å². The second kappa shape index (κ2) is 8.79. The summed E-state index contributed by atoms with van der Waals surface area (Å²) in [6.45, 7) is 2.60. The molecule has 3 rings (SSSR count). The summed E-state index contributed by atoms with van der Waals surface area (Å²) in [6, 6.07) is 17.1. The molecule has 1 aromatic heterocycles. The van der Waals surface area contributed by atoms with Crippen LogP contribution in [0.25, 0.3) is 5.69 Å². The lowest BCUT2D eigenvalue weighted by atomic mass is 10.2. The Morgan fingerprint density at radius 1 is 1.10 bits per heavy atom. The highest BCUT2D eigenvalue weighted by atomic mass is 16.5. The number of ether oxygens (including phenoxy) is 1. The molecule has 1 N–H and O–H groups in total. The van der Waals surface area contributed by atoms with Crippen LogP contribution in [0.15, 0.2) is 59.4 Å². The molecular formula is C22H26N4O3. The highest BCUT2D eigenvalue weighted by molar-refractivity contribution is 5.92. The molecule has 0 fully saturated rings. The summed E-state index contributed by atoms with van der Waals surface area (Å²) in [5.41, 5.74) is 2.58. The van der Waals surface area contributed by atoms with Gasteiger partial charge in [0.1, 0.15) is 11.4 Å². The molecule has 7 nitrogen and oxygen atoms in total. The number of para-hydroxylation sites is 1. The maximum Gasteiger partial charge on any atom is 0.295 e. The largest absolute Gasteiger partial charge is 0.497 e. The highest BCUT2D eigenvalue weighted by Crippen LogP contribution is 2.15. The maximum absolute atomic E-state index is 12.9. The van der Waals surface area contributed by atoms with Gasteiger partial charge in [0.15, 0.2) is 0 Å². The van der Waals surface area contributed by atoms with Crippen molar-refractivity contribution in [3.63, 3.8) is 0 Å². The van der Waals surface area contributed by atoms with Crippen molar-refractivity contribution in [3.05, 3.63) is 76.2 Å². The van der Waals surface area contributed by atoms with Crippen molar-refractivity contribution in [2.24, 2.45) is 7.05 Å². The Labute approximate surface area is 170 Å². The summed E-state index contributed by atoms with van der Waals surface area (Å²) in [7, 11) is 5.29. The van der Waals surface area contributed by atoms with E-state index in [0.29, 0.717) is 17.9 Å². The van der Waals surface area contributed by atoms with Gasteiger partial charge < -0.3 is 10.1 Å². The van der Waals surface area contributed by atoms with E-state index < -0.39 is 0 Å². The van der Waals surface area contributed by atoms with E-state index in [4.69, 9.17) is 4.74 Å². The third kappa shape index (κ3) is 4.57. The van der Waals surface area contributed by atoms with Crippen LogP contribution in [-0.2, 0) is 18.4 Å². The Kier molecular flexibility index (Phi) is 6.19. The van der Waals surface area contributed by atoms with Crippen molar-refractivity contribution in [3.8, 4) is 11.4 Å². The lowest BCUT2D eigenvalue weighted by Gasteiger charge is -2.16. The Hall–Kier alpha value is -3.32. The molecule has 0 saturated carbocycles. The van der Waals surface area contributed by atoms with Crippen LogP contribution >= 0.6 is 0 Å². The quantitative estimate of drug-likeness (QED) is 0.669. The van der Waals surface area contributed by atoms with Crippen molar-refractivity contribution in [2.45, 2.75) is 13.5 Å². The Balaban J connectivity index is 1.69. The van der Waals surface area contributed by atoms with Crippen molar-refractivity contribution in [1.82, 2.24) is 14.3 Å². The number of nitrogens with one attached hydrogen (secondary N) is 1. The monoisotopic (exact) mass is 394 g/mol. The first-order valence-electron chi connectivity index (χ1n) is 9.36. The van der Waals surface area contributed by atoms with Crippen molar-refractivity contribution in [2.75, 3.05) is 26.0 Å². The van der Waals surface area contributed by atoms with Gasteiger partial charge in [0.2, 0.25) is 5.91 Å². The molecule has 1 amide bonds. The first kappa shape index (κ1) is 20.4. The molecule has 3 aromatic rings. The van der Waals surface area contributed by atoms with E-state index in [9.17, 15) is 9.59 Å². The van der Waals surface area contributed by atoms with Crippen molar-refractivity contribution in [1.29, 1.82) is 0 Å². The lowest BCUT2D eigenvalue weighted by Crippen LogP contribution is -2.31. The Morgan fingerprint density at radius 3 is 2.38 bits per heavy atom. The minimum atomic E-state index is -0.248. The first-order chi connectivity index (χ1) is 13.9. The Bertz CT molecular complexity index is 1040. The molecule has 0 aliphatic rings. The molecule has 0 bridgehead atoms. The number of likely N-dealkylation sites (N-methyl/N-ethyl adjacent to an activating group) is 1. The predicted molar refractivity (Wildman–Crippen MR) is 114 cm³/mol. The molecule has 0 unspecified atom stereocenters. The van der Waals surface area contributed by atoms with Gasteiger partial charge in [-0.1, -0.05) is 30.3 Å². The molecule has 0 spiro atoms. The lowest BCUT2D eigenvalue weighted by molar-refractivity contribution is -0.117. The molecule has 7 heteroatoms. The van der Waals surface area contributed by atoms with Crippen LogP contribution in [0.3, 0.4) is 0 Å². The molecule has 0 aliphatic carbocycles. The molecule has 29 heavy (non-hydrogen) atoms. The van der Waals surface area contributed by atoms with E-state index in [1.807, 2.05) is 73.5 Å². The van der Waals surface area contributed by atoms with Crippen LogP contribution in [0.5, 0.6) is 5.75 Å². The number of methoxy groups -OCH3 is 1. The molecule has 0 radical (unpaired) electrons. The first-order valence-corrected chi connectivity index (χ1v) is 9.36. The maximum atomic E-state index is 12.9. The van der Waals surface area contributed by atoms with Gasteiger partial charge in [0, 0.05) is 13.6 Å². The van der Waals surface area contributed by atoms with Gasteiger partial charge in [-0.2, -0.15) is 0 Å². The molecule has 152 valence electrons. The molecule has 2 aromatic carbocycles. The van der Waals surface area contributed by atoms with E-state index >= 15 is 0 Å². The van der Waals surface area contributed by atoms with Crippen molar-refractivity contribution < 1.29 is 9.53 Å². The summed E-state index contributed by atoms with van der Waals surface area (Å²) < 4.78 is 8.45. The fraction of sp³-hybridized carbons (Fsp3) is 0.273. The average molecular weight is 394 g/mol. The van der Waals surface area contributed by atoms with E-state index in [1.165, 1.54) is 0 Å². The van der Waals surface area contributed by atoms with Gasteiger partial charge in [-0.3, -0.25) is 19.2 Å². The second-order valence-corrected chi connectivity index (χ2v) is 7.01. The zero-order chi connectivity index (χ0) is 21.0. The van der Waals surface area contributed by atoms with E-state index in [1.54, 1.807) is 23.5 Å². The number of rotatable bonds is 7. The number of amides is 1. The van der Waals surface area contributed by atoms with Gasteiger partial charge in [-0.15, -0.1) is 0 Å². The van der Waals surface area contributed by atoms with Crippen LogP contribution in [0.2, 0.25) is 0 Å². The zero-order valence-corrected chi connectivity index (χ0v) is 17.2. The SMILES string of the molecule is COc1ccc(CN(C)CC(=O)Nc2c(C)n(C)n(-c3ccccc3)c2=O)cc1. The molecule has 0 aliphatic heterocycles. The fourth-order valence-electron chi connectivity index (χ4n) is 3.23. The molecule has 0 atom stereocenters. The zero-order valence-electron chi connectivity index (χ0n) is 17.2. The number of hydrogen-bond acceptors (Lipinski definition) is 4. The molecular weight excluding hydrogens is 368 g/mol. The van der Waals surface area contributed by atoms with E-state index in [-0.39, 0.29) is 18.0 Å². The number of nitrogens with zero attached hydrogens (tertiary/aromatic N) is 3. The van der Waals surface area contributed by atoms with Gasteiger partial charge in [0.25, 0.3) is 5.56 Å². The standard InChI is InChI=1S/C22H26N4O3/c1-16-21(22(28)26(25(16)3)18-8-6-5-7-9-18)23-20(27)15-24(2)14-17-10-12-19(29-4)13-11-17/h5-13H,14-15H2,1-4H3,(H,23,27). The molecule has 0 saturated heterocycles. The van der Waals surface area contributed by atoms with Crippen LogP contribution < -0.4 is 15.6 Å². The van der Waals surface area contributed by atoms with Gasteiger partial charge in [0.05, 0.1) is 25.0 Å². The third-order valence-corrected chi connectivity index (χ3v) is 4.84. The number of carbonyl (C=O) groups is 1. The number of carbonyl (C=O) groups excluding carboxylic acids is 1. The minimum Gasteiger partial charge on any atom is -0.497 e. The van der Waals surface area contributed by atoms with Gasteiger partial charge >= 0.3 is 0 Å². The van der Waals surface area contributed by atoms with Crippen LogP contribution in [-0.4, -0.2) is 40.9 Å². The van der Waals surface area contributed by atoms with Crippen LogP contribution in [0.4, 0.5) is 5.69 Å². The summed E-state index contributed by atoms with van der Waals surface area (Å²) in [6.07, 6.45) is 0. The fourth-order valence-corrected chi connectivity index (χ4v) is 3.23.